The van der Waals surface area contributed by atoms with E-state index in [0.29, 0.717) is 5.25 Å². The lowest BCUT2D eigenvalue weighted by Crippen LogP contribution is -2.14. The Labute approximate surface area is 89.9 Å². The van der Waals surface area contributed by atoms with Gasteiger partial charge < -0.3 is 4.79 Å². The van der Waals surface area contributed by atoms with Crippen molar-refractivity contribution >= 4 is 18.0 Å². The third-order valence-electron chi connectivity index (χ3n) is 2.23. The second-order valence-electron chi connectivity index (χ2n) is 3.37. The van der Waals surface area contributed by atoms with Gasteiger partial charge in [-0.3, -0.25) is 0 Å². The number of hydrogen-bond donors (Lipinski definition) is 0. The molecule has 2 atom stereocenters. The van der Waals surface area contributed by atoms with Gasteiger partial charge in [0, 0.05) is 16.1 Å². The molecule has 1 rings (SSSR count). The van der Waals surface area contributed by atoms with Crippen molar-refractivity contribution in [2.75, 3.05) is 0 Å². The van der Waals surface area contributed by atoms with Gasteiger partial charge in [0.25, 0.3) is 0 Å². The van der Waals surface area contributed by atoms with E-state index in [4.69, 9.17) is 0 Å². The molecule has 0 saturated carbocycles. The average molecular weight is 208 g/mol. The van der Waals surface area contributed by atoms with Gasteiger partial charge in [0.2, 0.25) is 0 Å². The zero-order valence-electron chi connectivity index (χ0n) is 8.64. The molecule has 14 heavy (non-hydrogen) atoms. The number of carbonyl (C=O) groups is 1. The number of aldehydes is 1. The van der Waals surface area contributed by atoms with Crippen molar-refractivity contribution in [3.63, 3.8) is 0 Å². The standard InChI is InChI=1S/C12H16OS/c1-3-12(10(2)9-13)14-11-7-5-4-6-8-11/h4-10,12H,3H2,1-2H3. The Balaban J connectivity index is 2.61. The van der Waals surface area contributed by atoms with Gasteiger partial charge in [-0.2, -0.15) is 0 Å². The summed E-state index contributed by atoms with van der Waals surface area (Å²) in [5.74, 6) is 0.130. The van der Waals surface area contributed by atoms with Gasteiger partial charge in [-0.05, 0) is 18.6 Å². The molecule has 76 valence electrons. The van der Waals surface area contributed by atoms with E-state index < -0.39 is 0 Å². The summed E-state index contributed by atoms with van der Waals surface area (Å²) in [6, 6.07) is 10.2. The molecule has 1 aromatic carbocycles. The maximum atomic E-state index is 10.7. The van der Waals surface area contributed by atoms with E-state index in [0.717, 1.165) is 12.7 Å². The molecule has 0 bridgehead atoms. The molecule has 2 heteroatoms. The number of rotatable bonds is 5. The van der Waals surface area contributed by atoms with Crippen LogP contribution in [0.25, 0.3) is 0 Å². The Kier molecular flexibility index (Phi) is 4.74. The van der Waals surface area contributed by atoms with Gasteiger partial charge in [-0.1, -0.05) is 32.0 Å². The van der Waals surface area contributed by atoms with Crippen molar-refractivity contribution in [1.29, 1.82) is 0 Å². The average Bonchev–Trinajstić information content (AvgIpc) is 2.26. The van der Waals surface area contributed by atoms with Crippen LogP contribution < -0.4 is 0 Å². The summed E-state index contributed by atoms with van der Waals surface area (Å²) >= 11 is 1.79. The minimum Gasteiger partial charge on any atom is -0.303 e. The normalized spacial score (nSPS) is 14.7. The van der Waals surface area contributed by atoms with Crippen LogP contribution in [0.2, 0.25) is 0 Å². The molecule has 0 radical (unpaired) electrons. The lowest BCUT2D eigenvalue weighted by Gasteiger charge is -2.17. The number of hydrogen-bond acceptors (Lipinski definition) is 2. The van der Waals surface area contributed by atoms with Crippen molar-refractivity contribution in [1.82, 2.24) is 0 Å². The van der Waals surface area contributed by atoms with Crippen molar-refractivity contribution in [2.24, 2.45) is 5.92 Å². The SMILES string of the molecule is CCC(Sc1ccccc1)C(C)C=O. The number of thioether (sulfide) groups is 1. The molecule has 0 fully saturated rings. The molecule has 0 saturated heterocycles. The van der Waals surface area contributed by atoms with E-state index in [9.17, 15) is 4.79 Å². The van der Waals surface area contributed by atoms with Crippen molar-refractivity contribution in [3.05, 3.63) is 30.3 Å². The first-order valence-electron chi connectivity index (χ1n) is 4.95. The number of benzene rings is 1. The van der Waals surface area contributed by atoms with Gasteiger partial charge in [0.1, 0.15) is 6.29 Å². The summed E-state index contributed by atoms with van der Waals surface area (Å²) in [5, 5.41) is 0.398. The molecular weight excluding hydrogens is 192 g/mol. The smallest absolute Gasteiger partial charge is 0.123 e. The lowest BCUT2D eigenvalue weighted by atomic mass is 10.1. The minimum absolute atomic E-state index is 0.130. The lowest BCUT2D eigenvalue weighted by molar-refractivity contribution is -0.110. The van der Waals surface area contributed by atoms with E-state index in [2.05, 4.69) is 19.1 Å². The maximum absolute atomic E-state index is 10.7. The van der Waals surface area contributed by atoms with Crippen LogP contribution in [-0.4, -0.2) is 11.5 Å². The van der Waals surface area contributed by atoms with Crippen LogP contribution in [0, 0.1) is 5.92 Å². The fraction of sp³-hybridized carbons (Fsp3) is 0.417. The quantitative estimate of drug-likeness (QED) is 0.545. The van der Waals surface area contributed by atoms with E-state index in [-0.39, 0.29) is 5.92 Å². The molecule has 0 amide bonds. The van der Waals surface area contributed by atoms with Crippen LogP contribution >= 0.6 is 11.8 Å². The van der Waals surface area contributed by atoms with Gasteiger partial charge in [-0.25, -0.2) is 0 Å². The van der Waals surface area contributed by atoms with Crippen LogP contribution in [0.4, 0.5) is 0 Å². The summed E-state index contributed by atoms with van der Waals surface area (Å²) < 4.78 is 0. The van der Waals surface area contributed by atoms with E-state index in [1.807, 2.05) is 25.1 Å². The molecular formula is C12H16OS. The Morgan fingerprint density at radius 2 is 2.00 bits per heavy atom. The van der Waals surface area contributed by atoms with Gasteiger partial charge >= 0.3 is 0 Å². The molecule has 0 spiro atoms. The Morgan fingerprint density at radius 3 is 2.50 bits per heavy atom. The molecule has 2 unspecified atom stereocenters. The topological polar surface area (TPSA) is 17.1 Å². The van der Waals surface area contributed by atoms with E-state index >= 15 is 0 Å². The zero-order valence-corrected chi connectivity index (χ0v) is 9.46. The molecule has 0 aromatic heterocycles. The predicted molar refractivity (Wildman–Crippen MR) is 61.6 cm³/mol. The first kappa shape index (κ1) is 11.3. The van der Waals surface area contributed by atoms with Gasteiger partial charge in [0.15, 0.2) is 0 Å². The Bertz CT molecular complexity index is 271. The second kappa shape index (κ2) is 5.86. The predicted octanol–water partition coefficient (Wildman–Crippen LogP) is 3.39. The largest absolute Gasteiger partial charge is 0.303 e. The third kappa shape index (κ3) is 3.18. The molecule has 0 aliphatic heterocycles. The van der Waals surface area contributed by atoms with Gasteiger partial charge in [-0.15, -0.1) is 11.8 Å². The van der Waals surface area contributed by atoms with Crippen LogP contribution in [0.3, 0.4) is 0 Å². The molecule has 1 aromatic rings. The zero-order chi connectivity index (χ0) is 10.4. The first-order chi connectivity index (χ1) is 6.77. The summed E-state index contributed by atoms with van der Waals surface area (Å²) in [7, 11) is 0. The monoisotopic (exact) mass is 208 g/mol. The Hall–Kier alpha value is -0.760. The first-order valence-corrected chi connectivity index (χ1v) is 5.83. The highest BCUT2D eigenvalue weighted by Crippen LogP contribution is 2.29. The van der Waals surface area contributed by atoms with Crippen LogP contribution in [0.15, 0.2) is 35.2 Å². The third-order valence-corrected chi connectivity index (χ3v) is 3.84. The van der Waals surface area contributed by atoms with Crippen LogP contribution in [0.1, 0.15) is 20.3 Å². The Morgan fingerprint density at radius 1 is 1.36 bits per heavy atom. The number of carbonyl (C=O) groups excluding carboxylic acids is 1. The summed E-state index contributed by atoms with van der Waals surface area (Å²) in [6.45, 7) is 4.11. The molecule has 0 N–H and O–H groups in total. The fourth-order valence-electron chi connectivity index (χ4n) is 1.32. The van der Waals surface area contributed by atoms with Crippen molar-refractivity contribution in [3.8, 4) is 0 Å². The highest BCUT2D eigenvalue weighted by Gasteiger charge is 2.15. The summed E-state index contributed by atoms with van der Waals surface area (Å²) in [5.41, 5.74) is 0. The molecule has 1 nitrogen and oxygen atoms in total. The fourth-order valence-corrected chi connectivity index (χ4v) is 2.43. The van der Waals surface area contributed by atoms with Crippen molar-refractivity contribution in [2.45, 2.75) is 30.4 Å². The molecule has 0 aliphatic rings. The summed E-state index contributed by atoms with van der Waals surface area (Å²) in [4.78, 5) is 11.9. The van der Waals surface area contributed by atoms with Crippen LogP contribution in [0.5, 0.6) is 0 Å². The van der Waals surface area contributed by atoms with E-state index in [1.54, 1.807) is 11.8 Å². The van der Waals surface area contributed by atoms with E-state index in [1.165, 1.54) is 4.90 Å². The highest BCUT2D eigenvalue weighted by molar-refractivity contribution is 8.00. The summed E-state index contributed by atoms with van der Waals surface area (Å²) in [6.07, 6.45) is 2.07. The highest BCUT2D eigenvalue weighted by atomic mass is 32.2. The van der Waals surface area contributed by atoms with Crippen LogP contribution in [-0.2, 0) is 4.79 Å². The second-order valence-corrected chi connectivity index (χ2v) is 4.69. The van der Waals surface area contributed by atoms with Crippen molar-refractivity contribution < 1.29 is 4.79 Å². The maximum Gasteiger partial charge on any atom is 0.123 e. The molecule has 0 aliphatic carbocycles. The van der Waals surface area contributed by atoms with Gasteiger partial charge in [0.05, 0.1) is 0 Å². The minimum atomic E-state index is 0.130. The molecule has 0 heterocycles.